The molecule has 1 aromatic rings. The standard InChI is InChI=1S/C16H27N3/c1-3-4-6-9-14(2)19-16(17)18-13-12-15-10-7-5-8-11-15/h5,7-8,10-11,14H,3-4,6,9,12-13H2,1-2H3,(H3,17,18,19). The fourth-order valence-electron chi connectivity index (χ4n) is 2.02. The number of unbranched alkanes of at least 4 members (excludes halogenated alkanes) is 2. The van der Waals surface area contributed by atoms with Gasteiger partial charge in [0, 0.05) is 12.6 Å². The van der Waals surface area contributed by atoms with E-state index in [0.717, 1.165) is 19.4 Å². The Morgan fingerprint density at radius 1 is 1.26 bits per heavy atom. The lowest BCUT2D eigenvalue weighted by molar-refractivity contribution is 0.552. The minimum atomic E-state index is 0.409. The summed E-state index contributed by atoms with van der Waals surface area (Å²) in [6.07, 6.45) is 5.89. The van der Waals surface area contributed by atoms with E-state index in [1.165, 1.54) is 24.8 Å². The number of hydrogen-bond acceptors (Lipinski definition) is 1. The lowest BCUT2D eigenvalue weighted by atomic mass is 10.1. The molecule has 3 heteroatoms. The number of aliphatic imine (C=N–C) groups is 1. The van der Waals surface area contributed by atoms with Crippen LogP contribution in [0.1, 0.15) is 45.1 Å². The Balaban J connectivity index is 2.21. The zero-order valence-corrected chi connectivity index (χ0v) is 12.2. The maximum atomic E-state index is 5.88. The van der Waals surface area contributed by atoms with E-state index in [1.54, 1.807) is 0 Å². The van der Waals surface area contributed by atoms with Crippen LogP contribution in [0.2, 0.25) is 0 Å². The maximum absolute atomic E-state index is 5.88. The second kappa shape index (κ2) is 9.42. The molecule has 1 rings (SSSR count). The van der Waals surface area contributed by atoms with Gasteiger partial charge in [-0.15, -0.1) is 0 Å². The van der Waals surface area contributed by atoms with Crippen molar-refractivity contribution >= 4 is 5.96 Å². The third-order valence-corrected chi connectivity index (χ3v) is 3.16. The molecule has 0 saturated carbocycles. The molecule has 3 N–H and O–H groups in total. The van der Waals surface area contributed by atoms with Crippen LogP contribution in [-0.4, -0.2) is 18.5 Å². The first-order valence-corrected chi connectivity index (χ1v) is 7.32. The Bertz CT molecular complexity index is 360. The molecule has 1 unspecified atom stereocenters. The van der Waals surface area contributed by atoms with Crippen molar-refractivity contribution in [3.63, 3.8) is 0 Å². The molecular weight excluding hydrogens is 234 g/mol. The summed E-state index contributed by atoms with van der Waals surface area (Å²) in [6.45, 7) is 5.12. The van der Waals surface area contributed by atoms with Crippen LogP contribution in [0.5, 0.6) is 0 Å². The molecule has 19 heavy (non-hydrogen) atoms. The topological polar surface area (TPSA) is 50.4 Å². The highest BCUT2D eigenvalue weighted by Gasteiger charge is 2.01. The van der Waals surface area contributed by atoms with Crippen LogP contribution in [0.4, 0.5) is 0 Å². The Kier molecular flexibility index (Phi) is 7.71. The molecule has 0 aromatic heterocycles. The summed E-state index contributed by atoms with van der Waals surface area (Å²) in [6, 6.07) is 10.8. The molecule has 0 aliphatic heterocycles. The first-order valence-electron chi connectivity index (χ1n) is 7.32. The first-order chi connectivity index (χ1) is 9.22. The monoisotopic (exact) mass is 261 g/mol. The van der Waals surface area contributed by atoms with Crippen molar-refractivity contribution in [1.82, 2.24) is 5.32 Å². The Morgan fingerprint density at radius 3 is 2.68 bits per heavy atom. The minimum absolute atomic E-state index is 0.409. The number of benzene rings is 1. The third-order valence-electron chi connectivity index (χ3n) is 3.16. The van der Waals surface area contributed by atoms with Gasteiger partial charge in [-0.25, -0.2) is 0 Å². The van der Waals surface area contributed by atoms with E-state index in [0.29, 0.717) is 12.0 Å². The van der Waals surface area contributed by atoms with E-state index in [9.17, 15) is 0 Å². The lowest BCUT2D eigenvalue weighted by Gasteiger charge is -2.14. The molecule has 0 aliphatic rings. The average Bonchev–Trinajstić information content (AvgIpc) is 2.40. The zero-order valence-electron chi connectivity index (χ0n) is 12.2. The van der Waals surface area contributed by atoms with E-state index in [2.05, 4.69) is 48.4 Å². The van der Waals surface area contributed by atoms with Crippen LogP contribution in [0.3, 0.4) is 0 Å². The minimum Gasteiger partial charge on any atom is -0.370 e. The molecule has 1 aromatic carbocycles. The molecule has 0 spiro atoms. The fourth-order valence-corrected chi connectivity index (χ4v) is 2.02. The summed E-state index contributed by atoms with van der Waals surface area (Å²) in [5.41, 5.74) is 7.18. The SMILES string of the molecule is CCCCCC(C)NC(N)=NCCc1ccccc1. The van der Waals surface area contributed by atoms with E-state index >= 15 is 0 Å². The quantitative estimate of drug-likeness (QED) is 0.429. The maximum Gasteiger partial charge on any atom is 0.188 e. The highest BCUT2D eigenvalue weighted by atomic mass is 15.1. The number of nitrogens with zero attached hydrogens (tertiary/aromatic N) is 1. The second-order valence-electron chi connectivity index (χ2n) is 5.04. The van der Waals surface area contributed by atoms with Gasteiger partial charge < -0.3 is 11.1 Å². The van der Waals surface area contributed by atoms with E-state index < -0.39 is 0 Å². The van der Waals surface area contributed by atoms with Gasteiger partial charge >= 0.3 is 0 Å². The fraction of sp³-hybridized carbons (Fsp3) is 0.562. The van der Waals surface area contributed by atoms with Crippen LogP contribution >= 0.6 is 0 Å². The summed E-state index contributed by atoms with van der Waals surface area (Å²) >= 11 is 0. The van der Waals surface area contributed by atoms with E-state index in [1.807, 2.05) is 6.07 Å². The molecule has 0 heterocycles. The lowest BCUT2D eigenvalue weighted by Crippen LogP contribution is -2.38. The van der Waals surface area contributed by atoms with Crippen molar-refractivity contribution in [1.29, 1.82) is 0 Å². The number of guanidine groups is 1. The predicted molar refractivity (Wildman–Crippen MR) is 83.4 cm³/mol. The van der Waals surface area contributed by atoms with Crippen molar-refractivity contribution in [2.45, 2.75) is 52.0 Å². The van der Waals surface area contributed by atoms with E-state index in [-0.39, 0.29) is 0 Å². The molecule has 3 nitrogen and oxygen atoms in total. The molecule has 0 aliphatic carbocycles. The van der Waals surface area contributed by atoms with Crippen LogP contribution < -0.4 is 11.1 Å². The van der Waals surface area contributed by atoms with Crippen molar-refractivity contribution in [3.8, 4) is 0 Å². The van der Waals surface area contributed by atoms with E-state index in [4.69, 9.17) is 5.73 Å². The molecule has 0 saturated heterocycles. The van der Waals surface area contributed by atoms with Gasteiger partial charge in [0.1, 0.15) is 0 Å². The highest BCUT2D eigenvalue weighted by molar-refractivity contribution is 5.78. The Morgan fingerprint density at radius 2 is 2.00 bits per heavy atom. The third kappa shape index (κ3) is 7.50. The molecule has 0 fully saturated rings. The second-order valence-corrected chi connectivity index (χ2v) is 5.04. The largest absolute Gasteiger partial charge is 0.370 e. The summed E-state index contributed by atoms with van der Waals surface area (Å²) in [5.74, 6) is 0.569. The van der Waals surface area contributed by atoms with Gasteiger partial charge in [-0.3, -0.25) is 4.99 Å². The molecule has 106 valence electrons. The van der Waals surface area contributed by atoms with Gasteiger partial charge in [0.15, 0.2) is 5.96 Å². The van der Waals surface area contributed by atoms with Gasteiger partial charge in [-0.2, -0.15) is 0 Å². The summed E-state index contributed by atoms with van der Waals surface area (Å²) in [5, 5.41) is 3.25. The number of hydrogen-bond donors (Lipinski definition) is 2. The summed E-state index contributed by atoms with van der Waals surface area (Å²) < 4.78 is 0. The molecular formula is C16H27N3. The van der Waals surface area contributed by atoms with Crippen LogP contribution in [-0.2, 0) is 6.42 Å². The molecule has 1 atom stereocenters. The van der Waals surface area contributed by atoms with Gasteiger partial charge in [0.05, 0.1) is 0 Å². The van der Waals surface area contributed by atoms with Crippen LogP contribution in [0.25, 0.3) is 0 Å². The predicted octanol–water partition coefficient (Wildman–Crippen LogP) is 3.10. The summed E-state index contributed by atoms with van der Waals surface area (Å²) in [4.78, 5) is 4.37. The van der Waals surface area contributed by atoms with Gasteiger partial charge in [-0.1, -0.05) is 56.5 Å². The summed E-state index contributed by atoms with van der Waals surface area (Å²) in [7, 11) is 0. The normalized spacial score (nSPS) is 13.3. The first kappa shape index (κ1) is 15.5. The number of nitrogens with two attached hydrogens (primary N) is 1. The molecule has 0 bridgehead atoms. The highest BCUT2D eigenvalue weighted by Crippen LogP contribution is 2.02. The van der Waals surface area contributed by atoms with Gasteiger partial charge in [0.2, 0.25) is 0 Å². The van der Waals surface area contributed by atoms with Crippen LogP contribution in [0, 0.1) is 0 Å². The molecule has 0 amide bonds. The van der Waals surface area contributed by atoms with Crippen LogP contribution in [0.15, 0.2) is 35.3 Å². The van der Waals surface area contributed by atoms with Crippen molar-refractivity contribution in [3.05, 3.63) is 35.9 Å². The van der Waals surface area contributed by atoms with Crippen molar-refractivity contribution in [2.75, 3.05) is 6.54 Å². The number of rotatable bonds is 8. The van der Waals surface area contributed by atoms with Crippen molar-refractivity contribution < 1.29 is 0 Å². The Labute approximate surface area is 117 Å². The zero-order chi connectivity index (χ0) is 13.9. The smallest absolute Gasteiger partial charge is 0.188 e. The number of nitrogens with one attached hydrogen (secondary N) is 1. The van der Waals surface area contributed by atoms with Crippen molar-refractivity contribution in [2.24, 2.45) is 10.7 Å². The molecule has 0 radical (unpaired) electrons. The van der Waals surface area contributed by atoms with Gasteiger partial charge in [0.25, 0.3) is 0 Å². The average molecular weight is 261 g/mol. The Hall–Kier alpha value is -1.51. The van der Waals surface area contributed by atoms with Gasteiger partial charge in [-0.05, 0) is 25.3 Å².